The fourth-order valence-electron chi connectivity index (χ4n) is 1.74. The van der Waals surface area contributed by atoms with E-state index in [0.29, 0.717) is 13.1 Å². The number of hydrogen-bond donors (Lipinski definition) is 2. The van der Waals surface area contributed by atoms with Crippen molar-refractivity contribution in [3.8, 4) is 0 Å². The fourth-order valence-corrected chi connectivity index (χ4v) is 2.91. The minimum atomic E-state index is -3.63. The van der Waals surface area contributed by atoms with Gasteiger partial charge < -0.3 is 5.73 Å². The van der Waals surface area contributed by atoms with E-state index >= 15 is 0 Å². The first-order valence-corrected chi connectivity index (χ1v) is 7.64. The molecule has 20 heavy (non-hydrogen) atoms. The summed E-state index contributed by atoms with van der Waals surface area (Å²) in [6, 6.07) is 4.59. The molecule has 2 aromatic rings. The standard InChI is InChI=1S/C12H17N5O2S/c1-10(9-17-6-2-5-15-17)16-20(18,19)12-4-3-11(7-13)8-14-12/h2-6,8,10,16H,7,9,13H2,1H3. The van der Waals surface area contributed by atoms with E-state index in [1.165, 1.54) is 12.3 Å². The lowest BCUT2D eigenvalue weighted by Gasteiger charge is -2.14. The molecule has 0 aliphatic rings. The average Bonchev–Trinajstić information content (AvgIpc) is 2.91. The summed E-state index contributed by atoms with van der Waals surface area (Å²) in [5, 5.41) is 4.02. The highest BCUT2D eigenvalue weighted by Crippen LogP contribution is 2.07. The van der Waals surface area contributed by atoms with Gasteiger partial charge in [-0.25, -0.2) is 18.1 Å². The topological polar surface area (TPSA) is 103 Å². The lowest BCUT2D eigenvalue weighted by atomic mass is 10.3. The molecule has 0 aromatic carbocycles. The van der Waals surface area contributed by atoms with Crippen molar-refractivity contribution in [2.45, 2.75) is 31.1 Å². The number of rotatable bonds is 6. The highest BCUT2D eigenvalue weighted by atomic mass is 32.2. The largest absolute Gasteiger partial charge is 0.326 e. The molecular formula is C12H17N5O2S. The Bertz CT molecular complexity index is 637. The molecule has 1 unspecified atom stereocenters. The first-order valence-electron chi connectivity index (χ1n) is 6.16. The molecule has 0 fully saturated rings. The summed E-state index contributed by atoms with van der Waals surface area (Å²) in [6.45, 7) is 2.55. The summed E-state index contributed by atoms with van der Waals surface area (Å²) in [7, 11) is -3.63. The average molecular weight is 295 g/mol. The van der Waals surface area contributed by atoms with E-state index in [4.69, 9.17) is 5.73 Å². The van der Waals surface area contributed by atoms with Gasteiger partial charge in [-0.15, -0.1) is 0 Å². The van der Waals surface area contributed by atoms with Gasteiger partial charge in [-0.3, -0.25) is 4.68 Å². The van der Waals surface area contributed by atoms with Crippen LogP contribution >= 0.6 is 0 Å². The van der Waals surface area contributed by atoms with Crippen LogP contribution in [0.5, 0.6) is 0 Å². The number of aromatic nitrogens is 3. The Hall–Kier alpha value is -1.77. The molecule has 108 valence electrons. The molecule has 0 saturated heterocycles. The first kappa shape index (κ1) is 14.6. The lowest BCUT2D eigenvalue weighted by molar-refractivity contribution is 0.492. The molecule has 0 radical (unpaired) electrons. The molecule has 0 amide bonds. The van der Waals surface area contributed by atoms with Crippen molar-refractivity contribution >= 4 is 10.0 Å². The summed E-state index contributed by atoms with van der Waals surface area (Å²) in [6.07, 6.45) is 4.89. The summed E-state index contributed by atoms with van der Waals surface area (Å²) in [5.41, 5.74) is 6.24. The van der Waals surface area contributed by atoms with Crippen LogP contribution in [0.4, 0.5) is 0 Å². The van der Waals surface area contributed by atoms with Crippen molar-refractivity contribution in [2.75, 3.05) is 0 Å². The third-order valence-corrected chi connectivity index (χ3v) is 4.19. The number of nitrogens with zero attached hydrogens (tertiary/aromatic N) is 3. The molecule has 0 bridgehead atoms. The molecule has 2 rings (SSSR count). The summed E-state index contributed by atoms with van der Waals surface area (Å²) in [4.78, 5) is 3.92. The van der Waals surface area contributed by atoms with Gasteiger partial charge in [0.1, 0.15) is 0 Å². The second kappa shape index (κ2) is 6.12. The van der Waals surface area contributed by atoms with Crippen LogP contribution in [-0.2, 0) is 23.1 Å². The molecule has 0 aliphatic heterocycles. The highest BCUT2D eigenvalue weighted by molar-refractivity contribution is 7.89. The van der Waals surface area contributed by atoms with Crippen molar-refractivity contribution in [2.24, 2.45) is 5.73 Å². The molecule has 3 N–H and O–H groups in total. The number of nitrogens with two attached hydrogens (primary N) is 1. The lowest BCUT2D eigenvalue weighted by Crippen LogP contribution is -2.36. The monoisotopic (exact) mass is 295 g/mol. The van der Waals surface area contributed by atoms with Crippen LogP contribution in [0.25, 0.3) is 0 Å². The third kappa shape index (κ3) is 3.62. The zero-order valence-corrected chi connectivity index (χ0v) is 11.9. The van der Waals surface area contributed by atoms with Gasteiger partial charge in [0.15, 0.2) is 5.03 Å². The van der Waals surface area contributed by atoms with Gasteiger partial charge in [0.2, 0.25) is 0 Å². The quantitative estimate of drug-likeness (QED) is 0.787. The van der Waals surface area contributed by atoms with Crippen molar-refractivity contribution in [3.63, 3.8) is 0 Å². The molecule has 7 nitrogen and oxygen atoms in total. The number of hydrogen-bond acceptors (Lipinski definition) is 5. The summed E-state index contributed by atoms with van der Waals surface area (Å²) >= 11 is 0. The van der Waals surface area contributed by atoms with E-state index < -0.39 is 10.0 Å². The number of pyridine rings is 1. The van der Waals surface area contributed by atoms with Gasteiger partial charge in [-0.2, -0.15) is 5.10 Å². The van der Waals surface area contributed by atoms with Crippen LogP contribution < -0.4 is 10.5 Å². The first-order chi connectivity index (χ1) is 9.51. The normalized spacial score (nSPS) is 13.3. The Morgan fingerprint density at radius 3 is 2.80 bits per heavy atom. The maximum absolute atomic E-state index is 12.1. The van der Waals surface area contributed by atoms with E-state index in [1.54, 1.807) is 36.1 Å². The van der Waals surface area contributed by atoms with Crippen LogP contribution in [0.15, 0.2) is 41.8 Å². The maximum atomic E-state index is 12.1. The van der Waals surface area contributed by atoms with Crippen molar-refractivity contribution in [3.05, 3.63) is 42.4 Å². The van der Waals surface area contributed by atoms with Crippen LogP contribution in [0, 0.1) is 0 Å². The Labute approximate surface area is 117 Å². The van der Waals surface area contributed by atoms with Crippen LogP contribution in [-0.4, -0.2) is 29.2 Å². The molecule has 2 heterocycles. The van der Waals surface area contributed by atoms with E-state index in [0.717, 1.165) is 5.56 Å². The van der Waals surface area contributed by atoms with E-state index in [9.17, 15) is 8.42 Å². The Morgan fingerprint density at radius 2 is 2.25 bits per heavy atom. The van der Waals surface area contributed by atoms with Gasteiger partial charge in [0.05, 0.1) is 6.54 Å². The molecule has 1 atom stereocenters. The van der Waals surface area contributed by atoms with E-state index in [2.05, 4.69) is 14.8 Å². The maximum Gasteiger partial charge on any atom is 0.258 e. The van der Waals surface area contributed by atoms with Crippen molar-refractivity contribution in [1.82, 2.24) is 19.5 Å². The summed E-state index contributed by atoms with van der Waals surface area (Å²) < 4.78 is 28.5. The second-order valence-corrected chi connectivity index (χ2v) is 6.12. The highest BCUT2D eigenvalue weighted by Gasteiger charge is 2.18. The predicted molar refractivity (Wildman–Crippen MR) is 74.1 cm³/mol. The zero-order valence-electron chi connectivity index (χ0n) is 11.1. The Morgan fingerprint density at radius 1 is 1.45 bits per heavy atom. The van der Waals surface area contributed by atoms with Crippen LogP contribution in [0.3, 0.4) is 0 Å². The van der Waals surface area contributed by atoms with Crippen LogP contribution in [0.2, 0.25) is 0 Å². The smallest absolute Gasteiger partial charge is 0.258 e. The van der Waals surface area contributed by atoms with Gasteiger partial charge >= 0.3 is 0 Å². The van der Waals surface area contributed by atoms with Gasteiger partial charge in [0.25, 0.3) is 10.0 Å². The summed E-state index contributed by atoms with van der Waals surface area (Å²) in [5.74, 6) is 0. The minimum absolute atomic E-state index is 0.0120. The SMILES string of the molecule is CC(Cn1cccn1)NS(=O)(=O)c1ccc(CN)cn1. The van der Waals surface area contributed by atoms with Gasteiger partial charge in [-0.1, -0.05) is 6.07 Å². The Balaban J connectivity index is 2.05. The third-order valence-electron chi connectivity index (χ3n) is 2.69. The zero-order chi connectivity index (χ0) is 14.6. The molecule has 2 aromatic heterocycles. The molecule has 0 spiro atoms. The second-order valence-electron chi connectivity index (χ2n) is 4.46. The number of nitrogens with one attached hydrogen (secondary N) is 1. The number of sulfonamides is 1. The van der Waals surface area contributed by atoms with Crippen molar-refractivity contribution < 1.29 is 8.42 Å². The molecular weight excluding hydrogens is 278 g/mol. The van der Waals surface area contributed by atoms with Gasteiger partial charge in [-0.05, 0) is 24.6 Å². The molecule has 0 aliphatic carbocycles. The molecule has 8 heteroatoms. The Kier molecular flexibility index (Phi) is 4.48. The minimum Gasteiger partial charge on any atom is -0.326 e. The van der Waals surface area contributed by atoms with E-state index in [-0.39, 0.29) is 11.1 Å². The fraction of sp³-hybridized carbons (Fsp3) is 0.333. The predicted octanol–water partition coefficient (Wildman–Crippen LogP) is 0.104. The molecule has 0 saturated carbocycles. The van der Waals surface area contributed by atoms with Crippen LogP contribution in [0.1, 0.15) is 12.5 Å². The van der Waals surface area contributed by atoms with Crippen molar-refractivity contribution in [1.29, 1.82) is 0 Å². The van der Waals surface area contributed by atoms with E-state index in [1.807, 2.05) is 0 Å². The van der Waals surface area contributed by atoms with Gasteiger partial charge in [0, 0.05) is 31.2 Å².